The van der Waals surface area contributed by atoms with Crippen molar-refractivity contribution in [3.8, 4) is 45.3 Å². The number of hydrogen-bond acceptors (Lipinski definition) is 5. The third-order valence-electron chi connectivity index (χ3n) is 8.67. The van der Waals surface area contributed by atoms with Gasteiger partial charge in [0.15, 0.2) is 17.5 Å². The maximum Gasteiger partial charge on any atom is 0.164 e. The van der Waals surface area contributed by atoms with E-state index >= 15 is 0 Å². The first-order valence-corrected chi connectivity index (χ1v) is 15.7. The van der Waals surface area contributed by atoms with Gasteiger partial charge >= 0.3 is 0 Å². The maximum absolute atomic E-state index is 9.88. The molecule has 0 fully saturated rings. The molecular weight excluding hydrogens is 639 g/mol. The van der Waals surface area contributed by atoms with Crippen LogP contribution in [0.2, 0.25) is 0 Å². The Balaban J connectivity index is 1.31. The molecule has 5 heteroatoms. The summed E-state index contributed by atoms with van der Waals surface area (Å²) < 4.78 is 191. The monoisotopic (exact) mass is 685 g/mol. The molecule has 0 aliphatic heterocycles. The molecule has 0 bridgehead atoms. The summed E-state index contributed by atoms with van der Waals surface area (Å²) in [5, 5.41) is -1.56. The molecule has 0 radical (unpaired) electrons. The molecule has 0 saturated heterocycles. The Kier molecular flexibility index (Phi) is 3.32. The van der Waals surface area contributed by atoms with E-state index in [1.54, 1.807) is 42.5 Å². The van der Waals surface area contributed by atoms with E-state index in [0.717, 1.165) is 0 Å². The first-order valence-electron chi connectivity index (χ1n) is 25.7. The number of furan rings is 2. The van der Waals surface area contributed by atoms with Crippen molar-refractivity contribution in [2.45, 2.75) is 0 Å². The minimum Gasteiger partial charge on any atom is -0.456 e. The molecule has 8 aromatic carbocycles. The van der Waals surface area contributed by atoms with Crippen molar-refractivity contribution < 1.29 is 36.2 Å². The summed E-state index contributed by atoms with van der Waals surface area (Å²) in [7, 11) is 0. The zero-order valence-electron chi connectivity index (χ0n) is 46.2. The van der Waals surface area contributed by atoms with Crippen LogP contribution in [0.25, 0.3) is 111 Å². The highest BCUT2D eigenvalue weighted by molar-refractivity contribution is 6.23. The van der Waals surface area contributed by atoms with E-state index in [9.17, 15) is 8.22 Å². The standard InChI is InChI=1S/C47H27N3O2/c1-2-13-29(14-3-1)45-48-46(50-47(49-45)36-21-11-23-41-44(36)35-19-8-9-22-39(35)51-41)30-24-25-40-38(26-30)43-34-18-7-6-17-33(34)37(27-42(43)52-40)32-20-10-15-28-12-4-5-16-31(28)32/h1-27H/i1D,2D,3D,4D,5D,6D,7D,10D,12D,13D,14D,15D,16D,17D,18D,20D,24D,25D,26D,27D. The molecule has 0 aliphatic carbocycles. The van der Waals surface area contributed by atoms with Crippen LogP contribution in [0.3, 0.4) is 0 Å². The van der Waals surface area contributed by atoms with E-state index in [2.05, 4.69) is 9.97 Å². The van der Waals surface area contributed by atoms with Crippen LogP contribution in [-0.4, -0.2) is 15.0 Å². The largest absolute Gasteiger partial charge is 0.456 e. The third kappa shape index (κ3) is 4.39. The van der Waals surface area contributed by atoms with Crippen LogP contribution in [-0.2, 0) is 0 Å². The van der Waals surface area contributed by atoms with Crippen LogP contribution in [0.1, 0.15) is 27.4 Å². The SMILES string of the molecule is [2H]c1c([2H])c([2H])c(-c2nc(-c3c([2H])c([2H])c4oc5c([2H])c(-c6c([2H])c([2H])c([2H])c7c([2H])c([2H])c([2H])c([2H])c67)c6c([2H])c([2H])c([2H])c([2H])c6c5c4c3[2H])nc(-c3cccc4oc5ccccc5c34)n2)c([2H])c1[2H]. The van der Waals surface area contributed by atoms with Crippen molar-refractivity contribution in [3.05, 3.63) is 163 Å². The number of hydrogen-bond donors (Lipinski definition) is 0. The van der Waals surface area contributed by atoms with Gasteiger partial charge in [0.25, 0.3) is 0 Å². The lowest BCUT2D eigenvalue weighted by Crippen LogP contribution is -2.00. The average Bonchev–Trinajstić information content (AvgIpc) is 3.96. The first-order chi connectivity index (χ1) is 34.1. The molecule has 0 amide bonds. The Hall–Kier alpha value is -7.11. The normalized spacial score (nSPS) is 17.2. The first kappa shape index (κ1) is 15.4. The maximum atomic E-state index is 9.88. The molecule has 0 aliphatic rings. The molecule has 5 nitrogen and oxygen atoms in total. The van der Waals surface area contributed by atoms with Gasteiger partial charge < -0.3 is 8.83 Å². The molecule has 0 saturated carbocycles. The summed E-state index contributed by atoms with van der Waals surface area (Å²) in [6.45, 7) is 0. The minimum atomic E-state index is -0.832. The van der Waals surface area contributed by atoms with Gasteiger partial charge in [-0.15, -0.1) is 0 Å². The predicted octanol–water partition coefficient (Wildman–Crippen LogP) is 12.6. The molecule has 0 unspecified atom stereocenters. The molecule has 242 valence electrons. The summed E-state index contributed by atoms with van der Waals surface area (Å²) in [4.78, 5) is 13.9. The average molecular weight is 686 g/mol. The number of rotatable bonds is 4. The summed E-state index contributed by atoms with van der Waals surface area (Å²) >= 11 is 0. The van der Waals surface area contributed by atoms with Crippen molar-refractivity contribution in [2.24, 2.45) is 0 Å². The number of para-hydroxylation sites is 1. The molecule has 3 heterocycles. The number of fused-ring (bicyclic) bond motifs is 9. The molecule has 0 spiro atoms. The molecule has 52 heavy (non-hydrogen) atoms. The van der Waals surface area contributed by atoms with Crippen molar-refractivity contribution >= 4 is 65.4 Å². The van der Waals surface area contributed by atoms with Gasteiger partial charge in [-0.05, 0) is 69.0 Å². The van der Waals surface area contributed by atoms with Crippen LogP contribution in [0, 0.1) is 0 Å². The van der Waals surface area contributed by atoms with E-state index in [-0.39, 0.29) is 16.6 Å². The third-order valence-corrected chi connectivity index (χ3v) is 8.67. The van der Waals surface area contributed by atoms with Gasteiger partial charge in [0.05, 0.1) is 27.4 Å². The number of benzene rings is 8. The van der Waals surface area contributed by atoms with Gasteiger partial charge in [0.1, 0.15) is 22.3 Å². The number of aromatic nitrogens is 3. The van der Waals surface area contributed by atoms with Gasteiger partial charge in [-0.1, -0.05) is 127 Å². The van der Waals surface area contributed by atoms with Crippen molar-refractivity contribution in [2.75, 3.05) is 0 Å². The van der Waals surface area contributed by atoms with Crippen LogP contribution in [0.4, 0.5) is 0 Å². The van der Waals surface area contributed by atoms with Crippen molar-refractivity contribution in [1.82, 2.24) is 15.0 Å². The predicted molar refractivity (Wildman–Crippen MR) is 211 cm³/mol. The molecule has 0 N–H and O–H groups in total. The fourth-order valence-electron chi connectivity index (χ4n) is 6.45. The van der Waals surface area contributed by atoms with E-state index < -0.39 is 187 Å². The Bertz CT molecular complexity index is 4320. The highest BCUT2D eigenvalue weighted by Gasteiger charge is 2.20. The summed E-state index contributed by atoms with van der Waals surface area (Å²) in [6, 6.07) is -3.16. The van der Waals surface area contributed by atoms with E-state index in [1.165, 1.54) is 0 Å². The van der Waals surface area contributed by atoms with E-state index in [0.29, 0.717) is 27.5 Å². The van der Waals surface area contributed by atoms with Crippen LogP contribution in [0.15, 0.2) is 172 Å². The van der Waals surface area contributed by atoms with Gasteiger partial charge in [-0.2, -0.15) is 0 Å². The Labute approximate surface area is 325 Å². The Morgan fingerprint density at radius 1 is 0.385 bits per heavy atom. The molecular formula is C47H27N3O2. The highest BCUT2D eigenvalue weighted by Crippen LogP contribution is 2.43. The second-order valence-corrected chi connectivity index (χ2v) is 11.6. The van der Waals surface area contributed by atoms with Gasteiger partial charge in [0, 0.05) is 38.2 Å². The fourth-order valence-corrected chi connectivity index (χ4v) is 6.45. The second-order valence-electron chi connectivity index (χ2n) is 11.6. The zero-order valence-corrected chi connectivity index (χ0v) is 26.2. The zero-order chi connectivity index (χ0) is 51.6. The summed E-state index contributed by atoms with van der Waals surface area (Å²) in [5.74, 6) is -1.18. The van der Waals surface area contributed by atoms with Crippen molar-refractivity contribution in [3.63, 3.8) is 0 Å². The van der Waals surface area contributed by atoms with E-state index in [4.69, 9.17) is 33.0 Å². The molecule has 3 aromatic heterocycles. The van der Waals surface area contributed by atoms with E-state index in [1.807, 2.05) is 0 Å². The number of nitrogens with zero attached hydrogens (tertiary/aromatic N) is 3. The fraction of sp³-hybridized carbons (Fsp3) is 0. The summed E-state index contributed by atoms with van der Waals surface area (Å²) in [5.41, 5.74) is -1.99. The molecule has 11 rings (SSSR count). The smallest absolute Gasteiger partial charge is 0.164 e. The van der Waals surface area contributed by atoms with Crippen LogP contribution in [0.5, 0.6) is 0 Å². The molecule has 11 aromatic rings. The lowest BCUT2D eigenvalue weighted by molar-refractivity contribution is 0.668. The lowest BCUT2D eigenvalue weighted by Gasteiger charge is -2.11. The Morgan fingerprint density at radius 3 is 2.00 bits per heavy atom. The van der Waals surface area contributed by atoms with Gasteiger partial charge in [-0.3, -0.25) is 0 Å². The Morgan fingerprint density at radius 2 is 1.10 bits per heavy atom. The summed E-state index contributed by atoms with van der Waals surface area (Å²) in [6.07, 6.45) is 0. The van der Waals surface area contributed by atoms with Gasteiger partial charge in [-0.25, -0.2) is 15.0 Å². The molecule has 0 atom stereocenters. The quantitative estimate of drug-likeness (QED) is 0.184. The highest BCUT2D eigenvalue weighted by atomic mass is 16.3. The lowest BCUT2D eigenvalue weighted by atomic mass is 9.92. The van der Waals surface area contributed by atoms with Crippen LogP contribution >= 0.6 is 0 Å². The minimum absolute atomic E-state index is 0.178. The van der Waals surface area contributed by atoms with Crippen LogP contribution < -0.4 is 0 Å². The van der Waals surface area contributed by atoms with Gasteiger partial charge in [0.2, 0.25) is 0 Å². The second kappa shape index (κ2) is 11.2. The topological polar surface area (TPSA) is 65.0 Å². The van der Waals surface area contributed by atoms with Crippen molar-refractivity contribution in [1.29, 1.82) is 0 Å².